The predicted octanol–water partition coefficient (Wildman–Crippen LogP) is 2.65. The molecular weight excluding hydrogens is 198 g/mol. The Morgan fingerprint density at radius 3 is 2.36 bits per heavy atom. The zero-order chi connectivity index (χ0) is 10.7. The summed E-state index contributed by atoms with van der Waals surface area (Å²) >= 11 is 5.71. The molecule has 1 amide bonds. The Kier molecular flexibility index (Phi) is 4.24. The summed E-state index contributed by atoms with van der Waals surface area (Å²) < 4.78 is 0. The summed E-state index contributed by atoms with van der Waals surface area (Å²) in [5.41, 5.74) is 0. The van der Waals surface area contributed by atoms with Crippen LogP contribution in [0.4, 0.5) is 0 Å². The van der Waals surface area contributed by atoms with Gasteiger partial charge in [0.15, 0.2) is 0 Å². The number of piperidine rings is 1. The van der Waals surface area contributed by atoms with Gasteiger partial charge in [-0.1, -0.05) is 6.92 Å². The third kappa shape index (κ3) is 2.41. The topological polar surface area (TPSA) is 20.3 Å². The van der Waals surface area contributed by atoms with Crippen LogP contribution in [0.5, 0.6) is 0 Å². The van der Waals surface area contributed by atoms with E-state index in [1.807, 2.05) is 11.8 Å². The number of amides is 1. The molecule has 0 aliphatic carbocycles. The minimum absolute atomic E-state index is 0.0420. The highest BCUT2D eigenvalue weighted by Crippen LogP contribution is 2.24. The van der Waals surface area contributed by atoms with Crippen molar-refractivity contribution in [2.45, 2.75) is 52.1 Å². The zero-order valence-electron chi connectivity index (χ0n) is 9.29. The second kappa shape index (κ2) is 5.01. The van der Waals surface area contributed by atoms with Crippen molar-refractivity contribution in [1.29, 1.82) is 0 Å². The summed E-state index contributed by atoms with van der Waals surface area (Å²) in [4.78, 5) is 14.0. The number of carbonyl (C=O) groups is 1. The summed E-state index contributed by atoms with van der Waals surface area (Å²) in [7, 11) is 0. The molecule has 0 aromatic rings. The van der Waals surface area contributed by atoms with E-state index >= 15 is 0 Å². The molecule has 1 aliphatic heterocycles. The average molecular weight is 218 g/mol. The molecule has 1 aliphatic rings. The van der Waals surface area contributed by atoms with Gasteiger partial charge in [-0.2, -0.15) is 0 Å². The highest BCUT2D eigenvalue weighted by Gasteiger charge is 2.30. The average Bonchev–Trinajstić information content (AvgIpc) is 2.16. The molecular formula is C11H20ClNO. The zero-order valence-corrected chi connectivity index (χ0v) is 10.0. The summed E-state index contributed by atoms with van der Waals surface area (Å²) in [6.07, 6.45) is 3.50. The highest BCUT2D eigenvalue weighted by atomic mass is 35.5. The smallest absolute Gasteiger partial charge is 0.227 e. The Morgan fingerprint density at radius 1 is 1.43 bits per heavy atom. The van der Waals surface area contributed by atoms with Crippen molar-refractivity contribution in [2.24, 2.45) is 5.92 Å². The van der Waals surface area contributed by atoms with E-state index < -0.39 is 0 Å². The number of likely N-dealkylation sites (tertiary alicyclic amines) is 1. The van der Waals surface area contributed by atoms with Crippen molar-refractivity contribution in [3.63, 3.8) is 0 Å². The first kappa shape index (κ1) is 11.8. The van der Waals surface area contributed by atoms with Crippen LogP contribution in [0.3, 0.4) is 0 Å². The van der Waals surface area contributed by atoms with E-state index in [4.69, 9.17) is 11.6 Å². The van der Waals surface area contributed by atoms with Crippen LogP contribution >= 0.6 is 11.6 Å². The molecule has 1 rings (SSSR count). The molecule has 0 radical (unpaired) electrons. The van der Waals surface area contributed by atoms with Crippen LogP contribution in [0.15, 0.2) is 0 Å². The minimum Gasteiger partial charge on any atom is -0.337 e. The largest absolute Gasteiger partial charge is 0.337 e. The van der Waals surface area contributed by atoms with Gasteiger partial charge in [0.1, 0.15) is 0 Å². The molecule has 0 N–H and O–H groups in total. The molecule has 0 spiro atoms. The molecule has 2 nitrogen and oxygen atoms in total. The van der Waals surface area contributed by atoms with Crippen molar-refractivity contribution in [3.05, 3.63) is 0 Å². The van der Waals surface area contributed by atoms with E-state index in [2.05, 4.69) is 13.8 Å². The van der Waals surface area contributed by atoms with Gasteiger partial charge < -0.3 is 4.90 Å². The first-order valence-corrected chi connectivity index (χ1v) is 5.99. The summed E-state index contributed by atoms with van der Waals surface area (Å²) in [5.74, 6) is 0.605. The third-order valence-corrected chi connectivity index (χ3v) is 3.56. The molecule has 3 heteroatoms. The first-order chi connectivity index (χ1) is 6.57. The van der Waals surface area contributed by atoms with E-state index in [1.54, 1.807) is 0 Å². The Labute approximate surface area is 91.6 Å². The number of alkyl halides is 1. The maximum Gasteiger partial charge on any atom is 0.227 e. The molecule has 0 bridgehead atoms. The summed E-state index contributed by atoms with van der Waals surface area (Å²) in [6.45, 7) is 6.17. The number of carbonyl (C=O) groups excluding carboxylic acids is 1. The van der Waals surface area contributed by atoms with Gasteiger partial charge in [-0.25, -0.2) is 0 Å². The molecule has 1 saturated heterocycles. The van der Waals surface area contributed by atoms with E-state index in [1.165, 1.54) is 6.42 Å². The normalized spacial score (nSPS) is 30.1. The van der Waals surface area contributed by atoms with Crippen molar-refractivity contribution >= 4 is 17.5 Å². The summed E-state index contributed by atoms with van der Waals surface area (Å²) in [6, 6.07) is 0.772. The molecule has 1 heterocycles. The number of hydrogen-bond acceptors (Lipinski definition) is 1. The number of nitrogens with zero attached hydrogens (tertiary/aromatic N) is 1. The maximum absolute atomic E-state index is 12.0. The molecule has 3 unspecified atom stereocenters. The lowest BCUT2D eigenvalue weighted by atomic mass is 9.96. The van der Waals surface area contributed by atoms with Crippen LogP contribution < -0.4 is 0 Å². The molecule has 82 valence electrons. The van der Waals surface area contributed by atoms with Crippen LogP contribution in [-0.2, 0) is 4.79 Å². The third-order valence-electron chi connectivity index (χ3n) is 3.10. The van der Waals surface area contributed by atoms with Gasteiger partial charge in [0, 0.05) is 23.9 Å². The maximum atomic E-state index is 12.0. The van der Waals surface area contributed by atoms with E-state index in [0.717, 1.165) is 12.8 Å². The van der Waals surface area contributed by atoms with Crippen LogP contribution in [0.1, 0.15) is 40.0 Å². The van der Waals surface area contributed by atoms with Crippen molar-refractivity contribution < 1.29 is 4.79 Å². The molecule has 14 heavy (non-hydrogen) atoms. The molecule has 0 aromatic carbocycles. The quantitative estimate of drug-likeness (QED) is 0.652. The molecule has 1 fully saturated rings. The second-order valence-corrected chi connectivity index (χ2v) is 4.74. The van der Waals surface area contributed by atoms with E-state index in [9.17, 15) is 4.79 Å². The van der Waals surface area contributed by atoms with Gasteiger partial charge in [-0.15, -0.1) is 11.6 Å². The molecule has 3 atom stereocenters. The number of rotatable bonds is 2. The fourth-order valence-electron chi connectivity index (χ4n) is 2.18. The standard InChI is InChI=1S/C11H20ClNO/c1-8(7-12)11(14)13-9(2)5-4-6-10(13)3/h8-10H,4-7H2,1-3H3. The van der Waals surface area contributed by atoms with Crippen molar-refractivity contribution in [1.82, 2.24) is 4.90 Å². The highest BCUT2D eigenvalue weighted by molar-refractivity contribution is 6.19. The first-order valence-electron chi connectivity index (χ1n) is 5.46. The number of halogens is 1. The Morgan fingerprint density at radius 2 is 1.93 bits per heavy atom. The van der Waals surface area contributed by atoms with Gasteiger partial charge in [-0.3, -0.25) is 4.79 Å². The van der Waals surface area contributed by atoms with Crippen LogP contribution in [0, 0.1) is 5.92 Å². The van der Waals surface area contributed by atoms with Crippen molar-refractivity contribution in [3.8, 4) is 0 Å². The monoisotopic (exact) mass is 217 g/mol. The SMILES string of the molecule is CC(CCl)C(=O)N1C(C)CCCC1C. The van der Waals surface area contributed by atoms with E-state index in [-0.39, 0.29) is 11.8 Å². The molecule has 0 saturated carbocycles. The lowest BCUT2D eigenvalue weighted by Gasteiger charge is -2.40. The van der Waals surface area contributed by atoms with Gasteiger partial charge in [0.2, 0.25) is 5.91 Å². The Balaban J connectivity index is 2.67. The van der Waals surface area contributed by atoms with Crippen molar-refractivity contribution in [2.75, 3.05) is 5.88 Å². The van der Waals surface area contributed by atoms with Crippen LogP contribution in [-0.4, -0.2) is 28.8 Å². The second-order valence-electron chi connectivity index (χ2n) is 4.43. The Hall–Kier alpha value is -0.240. The minimum atomic E-state index is -0.0420. The summed E-state index contributed by atoms with van der Waals surface area (Å²) in [5, 5.41) is 0. The van der Waals surface area contributed by atoms with Gasteiger partial charge in [0.05, 0.1) is 0 Å². The molecule has 0 aromatic heterocycles. The fourth-order valence-corrected chi connectivity index (χ4v) is 2.31. The fraction of sp³-hybridized carbons (Fsp3) is 0.909. The lowest BCUT2D eigenvalue weighted by molar-refractivity contribution is -0.140. The lowest BCUT2D eigenvalue weighted by Crippen LogP contribution is -2.49. The number of hydrogen-bond donors (Lipinski definition) is 0. The Bertz CT molecular complexity index is 197. The van der Waals surface area contributed by atoms with Crippen LogP contribution in [0.2, 0.25) is 0 Å². The van der Waals surface area contributed by atoms with E-state index in [0.29, 0.717) is 18.0 Å². The van der Waals surface area contributed by atoms with Gasteiger partial charge in [-0.05, 0) is 33.1 Å². The predicted molar refractivity (Wildman–Crippen MR) is 59.5 cm³/mol. The van der Waals surface area contributed by atoms with Gasteiger partial charge in [0.25, 0.3) is 0 Å². The van der Waals surface area contributed by atoms with Crippen LogP contribution in [0.25, 0.3) is 0 Å². The van der Waals surface area contributed by atoms with Gasteiger partial charge >= 0.3 is 0 Å².